The van der Waals surface area contributed by atoms with Gasteiger partial charge in [0, 0.05) is 11.3 Å². The summed E-state index contributed by atoms with van der Waals surface area (Å²) in [4.78, 5) is 0. The molecular weight excluding hydrogens is 231 g/mol. The third-order valence-electron chi connectivity index (χ3n) is 2.56. The number of para-hydroxylation sites is 1. The highest BCUT2D eigenvalue weighted by Crippen LogP contribution is 2.40. The number of halogens is 3. The first-order valence-electron chi connectivity index (χ1n) is 5.19. The molecule has 0 amide bonds. The molecule has 0 aromatic heterocycles. The van der Waals surface area contributed by atoms with Crippen molar-refractivity contribution in [1.29, 1.82) is 0 Å². The van der Waals surface area contributed by atoms with Gasteiger partial charge >= 0.3 is 6.18 Å². The molecule has 0 bridgehead atoms. The Morgan fingerprint density at radius 1 is 1.18 bits per heavy atom. The number of alkyl halides is 3. The second-order valence-electron chi connectivity index (χ2n) is 5.07. The van der Waals surface area contributed by atoms with Crippen molar-refractivity contribution in [3.05, 3.63) is 29.3 Å². The average Bonchev–Trinajstić information content (AvgIpc) is 2.13. The third kappa shape index (κ3) is 2.91. The number of benzene rings is 1. The molecule has 1 aromatic carbocycles. The monoisotopic (exact) mass is 247 g/mol. The molecule has 96 valence electrons. The molecule has 0 aliphatic heterocycles. The molecule has 1 aromatic rings. The third-order valence-corrected chi connectivity index (χ3v) is 2.56. The number of nitrogen functional groups attached to an aromatic ring is 1. The summed E-state index contributed by atoms with van der Waals surface area (Å²) < 4.78 is 37.9. The van der Waals surface area contributed by atoms with E-state index < -0.39 is 28.9 Å². The van der Waals surface area contributed by atoms with Gasteiger partial charge in [-0.25, -0.2) is 0 Å². The van der Waals surface area contributed by atoms with Crippen molar-refractivity contribution in [2.24, 2.45) is 5.41 Å². The summed E-state index contributed by atoms with van der Waals surface area (Å²) in [5.74, 6) is 0. The Morgan fingerprint density at radius 2 is 1.71 bits per heavy atom. The van der Waals surface area contributed by atoms with Gasteiger partial charge in [-0.05, 0) is 11.5 Å². The fourth-order valence-corrected chi connectivity index (χ4v) is 1.54. The Hall–Kier alpha value is -1.23. The van der Waals surface area contributed by atoms with E-state index in [0.717, 1.165) is 6.07 Å². The van der Waals surface area contributed by atoms with E-state index in [9.17, 15) is 18.3 Å². The van der Waals surface area contributed by atoms with Crippen LogP contribution in [-0.2, 0) is 6.18 Å². The predicted octanol–water partition coefficient (Wildman–Crippen LogP) is 3.37. The molecule has 0 saturated heterocycles. The first-order valence-corrected chi connectivity index (χ1v) is 5.19. The molecule has 0 spiro atoms. The standard InChI is InChI=1S/C12H16F3NO/c1-11(2,3)10(17)7-5-4-6-8(9(7)16)12(13,14)15/h4-6,10,17H,16H2,1-3H3. The number of aliphatic hydroxyl groups is 1. The second kappa shape index (κ2) is 4.22. The number of hydrogen-bond donors (Lipinski definition) is 2. The lowest BCUT2D eigenvalue weighted by atomic mass is 9.83. The quantitative estimate of drug-likeness (QED) is 0.747. The van der Waals surface area contributed by atoms with Crippen LogP contribution in [-0.4, -0.2) is 5.11 Å². The van der Waals surface area contributed by atoms with Crippen LogP contribution < -0.4 is 5.73 Å². The van der Waals surface area contributed by atoms with Gasteiger partial charge in [0.2, 0.25) is 0 Å². The minimum absolute atomic E-state index is 0.118. The van der Waals surface area contributed by atoms with Crippen LogP contribution in [0.2, 0.25) is 0 Å². The van der Waals surface area contributed by atoms with Crippen molar-refractivity contribution in [2.75, 3.05) is 5.73 Å². The average molecular weight is 247 g/mol. The van der Waals surface area contributed by atoms with E-state index in [1.165, 1.54) is 12.1 Å². The van der Waals surface area contributed by atoms with Gasteiger partial charge in [-0.15, -0.1) is 0 Å². The van der Waals surface area contributed by atoms with Crippen molar-refractivity contribution in [3.8, 4) is 0 Å². The highest BCUT2D eigenvalue weighted by molar-refractivity contribution is 5.56. The summed E-state index contributed by atoms with van der Waals surface area (Å²) in [6.45, 7) is 5.20. The fourth-order valence-electron chi connectivity index (χ4n) is 1.54. The molecule has 0 radical (unpaired) electrons. The van der Waals surface area contributed by atoms with Crippen LogP contribution in [0.4, 0.5) is 18.9 Å². The summed E-state index contributed by atoms with van der Waals surface area (Å²) in [7, 11) is 0. The zero-order valence-corrected chi connectivity index (χ0v) is 9.97. The van der Waals surface area contributed by atoms with Crippen LogP contribution in [0.15, 0.2) is 18.2 Å². The molecule has 1 unspecified atom stereocenters. The van der Waals surface area contributed by atoms with Gasteiger partial charge in [-0.2, -0.15) is 13.2 Å². The molecule has 3 N–H and O–H groups in total. The van der Waals surface area contributed by atoms with Gasteiger partial charge in [0.15, 0.2) is 0 Å². The van der Waals surface area contributed by atoms with Gasteiger partial charge in [0.25, 0.3) is 0 Å². The van der Waals surface area contributed by atoms with Crippen molar-refractivity contribution in [3.63, 3.8) is 0 Å². The maximum Gasteiger partial charge on any atom is 0.418 e. The molecule has 0 heterocycles. The molecular formula is C12H16F3NO. The first kappa shape index (κ1) is 13.8. The normalized spacial score (nSPS) is 14.8. The Kier molecular flexibility index (Phi) is 3.43. The predicted molar refractivity (Wildman–Crippen MR) is 60.3 cm³/mol. The fraction of sp³-hybridized carbons (Fsp3) is 0.500. The van der Waals surface area contributed by atoms with Crippen LogP contribution >= 0.6 is 0 Å². The minimum atomic E-state index is -4.50. The minimum Gasteiger partial charge on any atom is -0.398 e. The summed E-state index contributed by atoms with van der Waals surface area (Å²) in [5.41, 5.74) is 3.73. The van der Waals surface area contributed by atoms with Gasteiger partial charge in [0.1, 0.15) is 0 Å². The van der Waals surface area contributed by atoms with E-state index in [1.54, 1.807) is 20.8 Å². The Morgan fingerprint density at radius 3 is 2.12 bits per heavy atom. The van der Waals surface area contributed by atoms with Crippen LogP contribution in [0.25, 0.3) is 0 Å². The number of hydrogen-bond acceptors (Lipinski definition) is 2. The first-order chi connectivity index (χ1) is 7.55. The maximum absolute atomic E-state index is 12.6. The second-order valence-corrected chi connectivity index (χ2v) is 5.07. The van der Waals surface area contributed by atoms with Crippen molar-refractivity contribution in [1.82, 2.24) is 0 Å². The lowest BCUT2D eigenvalue weighted by molar-refractivity contribution is -0.137. The number of aliphatic hydroxyl groups excluding tert-OH is 1. The Balaban J connectivity index is 3.30. The topological polar surface area (TPSA) is 46.2 Å². The van der Waals surface area contributed by atoms with Crippen LogP contribution in [0.1, 0.15) is 38.0 Å². The molecule has 0 fully saturated rings. The summed E-state index contributed by atoms with van der Waals surface area (Å²) >= 11 is 0. The summed E-state index contributed by atoms with van der Waals surface area (Å²) in [6, 6.07) is 3.58. The zero-order chi connectivity index (χ0) is 13.4. The SMILES string of the molecule is CC(C)(C)C(O)c1cccc(C(F)(F)F)c1N. The highest BCUT2D eigenvalue weighted by atomic mass is 19.4. The van der Waals surface area contributed by atoms with E-state index in [-0.39, 0.29) is 5.56 Å². The van der Waals surface area contributed by atoms with Crippen LogP contribution in [0.5, 0.6) is 0 Å². The summed E-state index contributed by atoms with van der Waals surface area (Å²) in [6.07, 6.45) is -5.54. The smallest absolute Gasteiger partial charge is 0.398 e. The molecule has 2 nitrogen and oxygen atoms in total. The van der Waals surface area contributed by atoms with E-state index >= 15 is 0 Å². The maximum atomic E-state index is 12.6. The summed E-state index contributed by atoms with van der Waals surface area (Å²) in [5, 5.41) is 9.98. The van der Waals surface area contributed by atoms with E-state index in [2.05, 4.69) is 0 Å². The molecule has 1 atom stereocenters. The molecule has 17 heavy (non-hydrogen) atoms. The van der Waals surface area contributed by atoms with Crippen molar-refractivity contribution >= 4 is 5.69 Å². The highest BCUT2D eigenvalue weighted by Gasteiger charge is 2.35. The van der Waals surface area contributed by atoms with Gasteiger partial charge in [-0.1, -0.05) is 32.9 Å². The lowest BCUT2D eigenvalue weighted by Crippen LogP contribution is -2.20. The Bertz CT molecular complexity index is 407. The van der Waals surface area contributed by atoms with E-state index in [0.29, 0.717) is 0 Å². The van der Waals surface area contributed by atoms with Crippen LogP contribution in [0.3, 0.4) is 0 Å². The number of anilines is 1. The molecule has 5 heteroatoms. The van der Waals surface area contributed by atoms with Gasteiger partial charge < -0.3 is 10.8 Å². The zero-order valence-electron chi connectivity index (χ0n) is 9.97. The van der Waals surface area contributed by atoms with Crippen LogP contribution in [0, 0.1) is 5.41 Å². The van der Waals surface area contributed by atoms with Crippen molar-refractivity contribution < 1.29 is 18.3 Å². The molecule has 0 aliphatic carbocycles. The molecule has 1 rings (SSSR count). The largest absolute Gasteiger partial charge is 0.418 e. The number of rotatable bonds is 1. The van der Waals surface area contributed by atoms with Gasteiger partial charge in [-0.3, -0.25) is 0 Å². The van der Waals surface area contributed by atoms with E-state index in [1.807, 2.05) is 0 Å². The van der Waals surface area contributed by atoms with Gasteiger partial charge in [0.05, 0.1) is 11.7 Å². The lowest BCUT2D eigenvalue weighted by Gasteiger charge is -2.28. The number of nitrogens with two attached hydrogens (primary N) is 1. The molecule has 0 saturated carbocycles. The Labute approximate surface area is 98.3 Å². The molecule has 0 aliphatic rings. The van der Waals surface area contributed by atoms with Crippen molar-refractivity contribution in [2.45, 2.75) is 33.1 Å². The van der Waals surface area contributed by atoms with E-state index in [4.69, 9.17) is 5.73 Å².